The second-order valence-corrected chi connectivity index (χ2v) is 6.62. The fourth-order valence-electron chi connectivity index (χ4n) is 3.23. The maximum atomic E-state index is 2.74. The molecular formula is C15H31N3. The van der Waals surface area contributed by atoms with Gasteiger partial charge in [-0.1, -0.05) is 13.8 Å². The van der Waals surface area contributed by atoms with Crippen LogP contribution in [0.25, 0.3) is 0 Å². The smallest absolute Gasteiger partial charge is 0.0224 e. The predicted molar refractivity (Wildman–Crippen MR) is 78.0 cm³/mol. The second kappa shape index (κ2) is 6.88. The van der Waals surface area contributed by atoms with Crippen molar-refractivity contribution in [2.24, 2.45) is 5.92 Å². The van der Waals surface area contributed by atoms with E-state index in [1.54, 1.807) is 0 Å². The van der Waals surface area contributed by atoms with Gasteiger partial charge in [-0.15, -0.1) is 0 Å². The van der Waals surface area contributed by atoms with E-state index in [1.807, 2.05) is 0 Å². The minimum atomic E-state index is 0.830. The molecule has 0 N–H and O–H groups in total. The van der Waals surface area contributed by atoms with Gasteiger partial charge in [0, 0.05) is 38.8 Å². The summed E-state index contributed by atoms with van der Waals surface area (Å²) in [6.07, 6.45) is 4.15. The zero-order chi connectivity index (χ0) is 13.0. The SMILES string of the molecule is CC(C)CCN1CCN([C@H]2CCCN(C)C2)CC1. The van der Waals surface area contributed by atoms with Crippen molar-refractivity contribution in [1.82, 2.24) is 14.7 Å². The third kappa shape index (κ3) is 4.22. The van der Waals surface area contributed by atoms with E-state index in [2.05, 4.69) is 35.6 Å². The van der Waals surface area contributed by atoms with E-state index >= 15 is 0 Å². The zero-order valence-corrected chi connectivity index (χ0v) is 12.6. The van der Waals surface area contributed by atoms with Gasteiger partial charge in [0.05, 0.1) is 0 Å². The Morgan fingerprint density at radius 2 is 1.78 bits per heavy atom. The third-order valence-electron chi connectivity index (χ3n) is 4.55. The highest BCUT2D eigenvalue weighted by Crippen LogP contribution is 2.17. The van der Waals surface area contributed by atoms with Gasteiger partial charge >= 0.3 is 0 Å². The minimum absolute atomic E-state index is 0.830. The molecule has 2 aliphatic rings. The van der Waals surface area contributed by atoms with Crippen molar-refractivity contribution in [2.75, 3.05) is 52.9 Å². The van der Waals surface area contributed by atoms with Gasteiger partial charge in [-0.3, -0.25) is 4.90 Å². The molecule has 2 heterocycles. The highest BCUT2D eigenvalue weighted by Gasteiger charge is 2.26. The molecule has 0 aromatic rings. The highest BCUT2D eigenvalue weighted by atomic mass is 15.3. The Hall–Kier alpha value is -0.120. The maximum absolute atomic E-state index is 2.74. The number of likely N-dealkylation sites (N-methyl/N-ethyl adjacent to an activating group) is 1. The number of hydrogen-bond acceptors (Lipinski definition) is 3. The second-order valence-electron chi connectivity index (χ2n) is 6.62. The first-order valence-electron chi connectivity index (χ1n) is 7.80. The Balaban J connectivity index is 1.69. The van der Waals surface area contributed by atoms with Crippen molar-refractivity contribution in [3.8, 4) is 0 Å². The first kappa shape index (κ1) is 14.3. The monoisotopic (exact) mass is 253 g/mol. The summed E-state index contributed by atoms with van der Waals surface area (Å²) in [5.41, 5.74) is 0. The van der Waals surface area contributed by atoms with Crippen LogP contribution in [0.15, 0.2) is 0 Å². The van der Waals surface area contributed by atoms with E-state index in [-0.39, 0.29) is 0 Å². The summed E-state index contributed by atoms with van der Waals surface area (Å²) in [6.45, 7) is 13.7. The number of hydrogen-bond donors (Lipinski definition) is 0. The molecule has 0 bridgehead atoms. The summed E-state index contributed by atoms with van der Waals surface area (Å²) >= 11 is 0. The molecule has 0 saturated carbocycles. The summed E-state index contributed by atoms with van der Waals surface area (Å²) < 4.78 is 0. The molecule has 0 aliphatic carbocycles. The zero-order valence-electron chi connectivity index (χ0n) is 12.6. The van der Waals surface area contributed by atoms with E-state index in [0.29, 0.717) is 0 Å². The van der Waals surface area contributed by atoms with Gasteiger partial charge in [0.2, 0.25) is 0 Å². The molecule has 18 heavy (non-hydrogen) atoms. The highest BCUT2D eigenvalue weighted by molar-refractivity contribution is 4.83. The van der Waals surface area contributed by atoms with Gasteiger partial charge in [0.1, 0.15) is 0 Å². The standard InChI is InChI=1S/C15H31N3/c1-14(2)6-8-17-9-11-18(12-10-17)15-5-4-7-16(3)13-15/h14-15H,4-13H2,1-3H3/t15-/m0/s1. The van der Waals surface area contributed by atoms with Crippen LogP contribution in [0, 0.1) is 5.92 Å². The van der Waals surface area contributed by atoms with Crippen molar-refractivity contribution in [1.29, 1.82) is 0 Å². The Morgan fingerprint density at radius 3 is 2.39 bits per heavy atom. The summed E-state index contributed by atoms with van der Waals surface area (Å²) in [7, 11) is 2.27. The lowest BCUT2D eigenvalue weighted by atomic mass is 10.0. The summed E-state index contributed by atoms with van der Waals surface area (Å²) in [4.78, 5) is 7.89. The average molecular weight is 253 g/mol. The molecule has 3 heteroatoms. The molecule has 2 saturated heterocycles. The lowest BCUT2D eigenvalue weighted by Gasteiger charge is -2.42. The van der Waals surface area contributed by atoms with Crippen LogP contribution < -0.4 is 0 Å². The fourth-order valence-corrected chi connectivity index (χ4v) is 3.23. The molecule has 106 valence electrons. The quantitative estimate of drug-likeness (QED) is 0.756. The molecule has 3 nitrogen and oxygen atoms in total. The Kier molecular flexibility index (Phi) is 5.46. The molecule has 2 fully saturated rings. The molecule has 1 atom stereocenters. The first-order chi connectivity index (χ1) is 8.65. The van der Waals surface area contributed by atoms with Crippen LogP contribution in [-0.2, 0) is 0 Å². The Labute approximate surface area is 113 Å². The van der Waals surface area contributed by atoms with E-state index in [4.69, 9.17) is 0 Å². The number of piperidine rings is 1. The van der Waals surface area contributed by atoms with Crippen LogP contribution in [0.1, 0.15) is 33.1 Å². The van der Waals surface area contributed by atoms with Gasteiger partial charge in [-0.2, -0.15) is 0 Å². The van der Waals surface area contributed by atoms with Crippen LogP contribution in [0.5, 0.6) is 0 Å². The summed E-state index contributed by atoms with van der Waals surface area (Å²) in [5.74, 6) is 0.843. The molecule has 0 aromatic carbocycles. The van der Waals surface area contributed by atoms with Crippen molar-refractivity contribution in [2.45, 2.75) is 39.2 Å². The largest absolute Gasteiger partial charge is 0.305 e. The van der Waals surface area contributed by atoms with Crippen molar-refractivity contribution in [3.63, 3.8) is 0 Å². The number of likely N-dealkylation sites (tertiary alicyclic amines) is 1. The maximum Gasteiger partial charge on any atom is 0.0224 e. The summed E-state index contributed by atoms with van der Waals surface area (Å²) in [5, 5.41) is 0. The Bertz CT molecular complexity index is 234. The van der Waals surface area contributed by atoms with Crippen molar-refractivity contribution >= 4 is 0 Å². The van der Waals surface area contributed by atoms with Crippen molar-refractivity contribution in [3.05, 3.63) is 0 Å². The number of nitrogens with zero attached hydrogens (tertiary/aromatic N) is 3. The molecule has 0 aromatic heterocycles. The van der Waals surface area contributed by atoms with E-state index in [1.165, 1.54) is 65.1 Å². The lowest BCUT2D eigenvalue weighted by molar-refractivity contribution is 0.0580. The average Bonchev–Trinajstić information content (AvgIpc) is 2.37. The van der Waals surface area contributed by atoms with Crippen LogP contribution in [0.2, 0.25) is 0 Å². The Morgan fingerprint density at radius 1 is 1.06 bits per heavy atom. The normalized spacial score (nSPS) is 29.0. The molecule has 0 amide bonds. The summed E-state index contributed by atoms with van der Waals surface area (Å²) in [6, 6.07) is 0.830. The predicted octanol–water partition coefficient (Wildman–Crippen LogP) is 1.74. The van der Waals surface area contributed by atoms with E-state index in [9.17, 15) is 0 Å². The van der Waals surface area contributed by atoms with Crippen LogP contribution in [0.3, 0.4) is 0 Å². The first-order valence-corrected chi connectivity index (χ1v) is 7.80. The molecule has 2 aliphatic heterocycles. The molecule has 2 rings (SSSR count). The fraction of sp³-hybridized carbons (Fsp3) is 1.00. The number of piperazine rings is 1. The van der Waals surface area contributed by atoms with Crippen LogP contribution in [-0.4, -0.2) is 73.6 Å². The van der Waals surface area contributed by atoms with Crippen LogP contribution in [0.4, 0.5) is 0 Å². The van der Waals surface area contributed by atoms with Gasteiger partial charge < -0.3 is 9.80 Å². The van der Waals surface area contributed by atoms with Gasteiger partial charge in [-0.25, -0.2) is 0 Å². The van der Waals surface area contributed by atoms with Gasteiger partial charge in [0.15, 0.2) is 0 Å². The van der Waals surface area contributed by atoms with Gasteiger partial charge in [-0.05, 0) is 45.3 Å². The van der Waals surface area contributed by atoms with E-state index in [0.717, 1.165) is 12.0 Å². The number of rotatable bonds is 4. The topological polar surface area (TPSA) is 9.72 Å². The minimum Gasteiger partial charge on any atom is -0.305 e. The lowest BCUT2D eigenvalue weighted by Crippen LogP contribution is -2.54. The van der Waals surface area contributed by atoms with E-state index < -0.39 is 0 Å². The molecular weight excluding hydrogens is 222 g/mol. The van der Waals surface area contributed by atoms with Gasteiger partial charge in [0.25, 0.3) is 0 Å². The molecule has 0 radical (unpaired) electrons. The third-order valence-corrected chi connectivity index (χ3v) is 4.55. The molecule has 0 spiro atoms. The van der Waals surface area contributed by atoms with Crippen LogP contribution >= 0.6 is 0 Å². The molecule has 0 unspecified atom stereocenters. The van der Waals surface area contributed by atoms with Crippen molar-refractivity contribution < 1.29 is 0 Å².